The van der Waals surface area contributed by atoms with Gasteiger partial charge in [-0.15, -0.1) is 0 Å². The topological polar surface area (TPSA) is 0 Å². The van der Waals surface area contributed by atoms with Gasteiger partial charge in [-0.2, -0.15) is 0 Å². The molecule has 2 heteroatoms. The van der Waals surface area contributed by atoms with Crippen molar-refractivity contribution in [2.24, 2.45) is 0 Å². The molecule has 0 bridgehead atoms. The summed E-state index contributed by atoms with van der Waals surface area (Å²) in [7, 11) is 0. The molecule has 0 spiro atoms. The van der Waals surface area contributed by atoms with Crippen LogP contribution in [0.25, 0.3) is 0 Å². The molecule has 0 atom stereocenters. The van der Waals surface area contributed by atoms with Gasteiger partial charge in [0.2, 0.25) is 0 Å². The van der Waals surface area contributed by atoms with Crippen LogP contribution in [0, 0.1) is 0 Å². The van der Waals surface area contributed by atoms with Crippen molar-refractivity contribution in [2.45, 2.75) is 188 Å². The predicted molar refractivity (Wildman–Crippen MR) is 173 cm³/mol. The zero-order valence-electron chi connectivity index (χ0n) is 25.3. The second-order valence-electron chi connectivity index (χ2n) is 12.1. The summed E-state index contributed by atoms with van der Waals surface area (Å²) in [6.07, 6.45) is 42.5. The van der Waals surface area contributed by atoms with E-state index in [0.29, 0.717) is 0 Å². The number of hydrogen-bond donors (Lipinski definition) is 0. The summed E-state index contributed by atoms with van der Waals surface area (Å²) in [6.45, 7) is 9.41. The molecular formula is C33H70BrP. The van der Waals surface area contributed by atoms with Crippen molar-refractivity contribution in [1.29, 1.82) is 0 Å². The first-order chi connectivity index (χ1) is 17.0. The summed E-state index contributed by atoms with van der Waals surface area (Å²) >= 11 is 4.66. The van der Waals surface area contributed by atoms with Crippen LogP contribution in [0.1, 0.15) is 188 Å². The van der Waals surface area contributed by atoms with Gasteiger partial charge < -0.3 is 0 Å². The van der Waals surface area contributed by atoms with E-state index in [2.05, 4.69) is 43.2 Å². The van der Waals surface area contributed by atoms with E-state index in [-0.39, 0.29) is 0 Å². The molecular weight excluding hydrogens is 507 g/mol. The molecule has 0 aliphatic heterocycles. The van der Waals surface area contributed by atoms with Crippen LogP contribution in [-0.2, 0) is 0 Å². The summed E-state index contributed by atoms with van der Waals surface area (Å²) in [5.74, 6) is 0. The zero-order chi connectivity index (χ0) is 26.0. The van der Waals surface area contributed by atoms with Crippen LogP contribution < -0.4 is 0 Å². The van der Waals surface area contributed by atoms with Crippen molar-refractivity contribution in [2.75, 3.05) is 24.6 Å². The molecule has 0 N–H and O–H groups in total. The molecule has 0 fully saturated rings. The van der Waals surface area contributed by atoms with Crippen LogP contribution in [0.4, 0.5) is 0 Å². The summed E-state index contributed by atoms with van der Waals surface area (Å²) in [5, 5.41) is -1.69. The summed E-state index contributed by atoms with van der Waals surface area (Å²) in [4.78, 5) is 0. The van der Waals surface area contributed by atoms with Gasteiger partial charge in [-0.25, -0.2) is 0 Å². The van der Waals surface area contributed by atoms with Crippen LogP contribution in [0.15, 0.2) is 0 Å². The first-order valence-corrected chi connectivity index (χ1v) is 21.8. The first kappa shape index (κ1) is 35.9. The number of rotatable bonds is 29. The second-order valence-corrected chi connectivity index (χ2v) is 23.6. The normalized spacial score (nSPS) is 13.2. The molecule has 0 amide bonds. The molecule has 35 heavy (non-hydrogen) atoms. The molecule has 0 aromatic rings. The summed E-state index contributed by atoms with van der Waals surface area (Å²) < 4.78 is 0. The van der Waals surface area contributed by atoms with Crippen molar-refractivity contribution < 1.29 is 0 Å². The molecule has 214 valence electrons. The second kappa shape index (κ2) is 25.2. The average Bonchev–Trinajstić information content (AvgIpc) is 2.84. The van der Waals surface area contributed by atoms with Crippen LogP contribution in [0.3, 0.4) is 0 Å². The number of hydrogen-bond acceptors (Lipinski definition) is 0. The maximum atomic E-state index is 4.66. The average molecular weight is 578 g/mol. The Morgan fingerprint density at radius 2 is 0.457 bits per heavy atom. The zero-order valence-corrected chi connectivity index (χ0v) is 27.8. The monoisotopic (exact) mass is 576 g/mol. The van der Waals surface area contributed by atoms with Gasteiger partial charge >= 0.3 is 195 Å². The molecule has 0 aliphatic carbocycles. The van der Waals surface area contributed by atoms with Crippen LogP contribution in [0.5, 0.6) is 0 Å². The molecule has 0 nitrogen and oxygen atoms in total. The van der Waals surface area contributed by atoms with E-state index in [1.165, 1.54) is 179 Å². The van der Waals surface area contributed by atoms with Crippen LogP contribution in [-0.4, -0.2) is 24.6 Å². The third-order valence-corrected chi connectivity index (χ3v) is 18.5. The van der Waals surface area contributed by atoms with Gasteiger partial charge in [0.25, 0.3) is 0 Å². The van der Waals surface area contributed by atoms with E-state index < -0.39 is 5.31 Å². The standard InChI is InChI=1S/C33H70BrP/c1-5-9-13-14-15-16-17-18-19-20-21-22-23-24-25-29-33-35(34,30-26-10-6-2,31-27-11-7-3)32-28-12-8-4/h5-33H2,1-4H3. The fraction of sp³-hybridized carbons (Fsp3) is 1.00. The van der Waals surface area contributed by atoms with Crippen molar-refractivity contribution >= 4 is 20.8 Å². The summed E-state index contributed by atoms with van der Waals surface area (Å²) in [5.41, 5.74) is 0. The Morgan fingerprint density at radius 3 is 0.714 bits per heavy atom. The van der Waals surface area contributed by atoms with Gasteiger partial charge in [0, 0.05) is 0 Å². The Balaban J connectivity index is 4.11. The Bertz CT molecular complexity index is 392. The molecule has 0 saturated heterocycles. The minimum atomic E-state index is -1.69. The third kappa shape index (κ3) is 21.5. The van der Waals surface area contributed by atoms with Gasteiger partial charge in [-0.3, -0.25) is 0 Å². The SMILES string of the molecule is CCCCCCCCCCCCCCCCCCP(Br)(CCCCC)(CCCCC)CCCCC. The van der Waals surface area contributed by atoms with Crippen LogP contribution in [0.2, 0.25) is 0 Å². The molecule has 0 aromatic heterocycles. The van der Waals surface area contributed by atoms with Gasteiger partial charge in [-0.05, 0) is 0 Å². The molecule has 0 rings (SSSR count). The van der Waals surface area contributed by atoms with E-state index in [1.807, 2.05) is 0 Å². The Kier molecular flexibility index (Phi) is 25.9. The maximum absolute atomic E-state index is 4.66. The molecule has 0 aliphatic rings. The number of unbranched alkanes of at least 4 members (excludes halogenated alkanes) is 21. The van der Waals surface area contributed by atoms with Gasteiger partial charge in [0.05, 0.1) is 0 Å². The van der Waals surface area contributed by atoms with E-state index in [4.69, 9.17) is 0 Å². The Hall–Kier alpha value is 0.910. The van der Waals surface area contributed by atoms with E-state index in [0.717, 1.165) is 0 Å². The van der Waals surface area contributed by atoms with Gasteiger partial charge in [0.1, 0.15) is 0 Å². The van der Waals surface area contributed by atoms with E-state index in [9.17, 15) is 0 Å². The quantitative estimate of drug-likeness (QED) is 0.0613. The van der Waals surface area contributed by atoms with Gasteiger partial charge in [0.15, 0.2) is 0 Å². The van der Waals surface area contributed by atoms with Crippen LogP contribution >= 0.6 is 20.8 Å². The third-order valence-electron chi connectivity index (χ3n) is 8.53. The van der Waals surface area contributed by atoms with Crippen molar-refractivity contribution in [3.63, 3.8) is 0 Å². The summed E-state index contributed by atoms with van der Waals surface area (Å²) in [6, 6.07) is 0. The van der Waals surface area contributed by atoms with Crippen molar-refractivity contribution in [3.8, 4) is 0 Å². The van der Waals surface area contributed by atoms with Gasteiger partial charge in [-0.1, -0.05) is 39.0 Å². The Morgan fingerprint density at radius 1 is 0.286 bits per heavy atom. The predicted octanol–water partition coefficient (Wildman–Crippen LogP) is 13.7. The molecule has 0 aromatic carbocycles. The molecule has 0 heterocycles. The molecule has 0 saturated carbocycles. The van der Waals surface area contributed by atoms with Crippen molar-refractivity contribution in [3.05, 3.63) is 0 Å². The minimum absolute atomic E-state index is 1.36. The fourth-order valence-electron chi connectivity index (χ4n) is 6.00. The number of halogens is 1. The molecule has 0 unspecified atom stereocenters. The molecule has 0 radical (unpaired) electrons. The van der Waals surface area contributed by atoms with E-state index in [1.54, 1.807) is 6.16 Å². The van der Waals surface area contributed by atoms with Crippen molar-refractivity contribution in [1.82, 2.24) is 0 Å². The first-order valence-electron chi connectivity index (χ1n) is 16.8. The Labute approximate surface area is 233 Å². The van der Waals surface area contributed by atoms with E-state index >= 15 is 0 Å². The fourth-order valence-corrected chi connectivity index (χ4v) is 14.4.